The van der Waals surface area contributed by atoms with E-state index in [1.807, 2.05) is 13.8 Å². The van der Waals surface area contributed by atoms with Crippen molar-refractivity contribution in [3.63, 3.8) is 0 Å². The van der Waals surface area contributed by atoms with E-state index in [0.717, 1.165) is 5.56 Å². The SMILES string of the molecule is CC1(C)OCC(CC(Cc2ccc(OCC(O)CNC(=C=O)C(N)Nc3ccncc3)cc2)C(=O)O)O1. The van der Waals surface area contributed by atoms with E-state index in [1.54, 1.807) is 54.7 Å². The number of benzene rings is 1. The average molecular weight is 515 g/mol. The van der Waals surface area contributed by atoms with E-state index in [-0.39, 0.29) is 25.0 Å². The highest BCUT2D eigenvalue weighted by atomic mass is 16.7. The summed E-state index contributed by atoms with van der Waals surface area (Å²) in [5, 5.41) is 25.6. The number of carbonyl (C=O) groups excluding carboxylic acids is 1. The van der Waals surface area contributed by atoms with Crippen molar-refractivity contribution in [3.8, 4) is 5.75 Å². The Balaban J connectivity index is 1.42. The lowest BCUT2D eigenvalue weighted by Crippen LogP contribution is -2.41. The van der Waals surface area contributed by atoms with Crippen molar-refractivity contribution in [3.05, 3.63) is 60.1 Å². The van der Waals surface area contributed by atoms with E-state index in [1.165, 1.54) is 0 Å². The Bertz CT molecular complexity index is 1060. The van der Waals surface area contributed by atoms with Gasteiger partial charge in [-0.1, -0.05) is 12.1 Å². The van der Waals surface area contributed by atoms with Crippen LogP contribution in [-0.2, 0) is 25.5 Å². The Morgan fingerprint density at radius 2 is 1.97 bits per heavy atom. The molecule has 0 bridgehead atoms. The molecule has 0 aliphatic carbocycles. The monoisotopic (exact) mass is 514 g/mol. The first-order chi connectivity index (χ1) is 17.6. The molecule has 1 aliphatic heterocycles. The average Bonchev–Trinajstić information content (AvgIpc) is 3.22. The molecule has 1 aliphatic rings. The largest absolute Gasteiger partial charge is 0.491 e. The summed E-state index contributed by atoms with van der Waals surface area (Å²) < 4.78 is 16.9. The summed E-state index contributed by atoms with van der Waals surface area (Å²) in [6.45, 7) is 3.99. The number of carboxylic acids is 1. The number of nitrogens with two attached hydrogens (primary N) is 1. The minimum absolute atomic E-state index is 0.0262. The van der Waals surface area contributed by atoms with Gasteiger partial charge in [0.05, 0.1) is 18.6 Å². The van der Waals surface area contributed by atoms with Gasteiger partial charge in [0.15, 0.2) is 5.79 Å². The van der Waals surface area contributed by atoms with Gasteiger partial charge in [-0.05, 0) is 56.5 Å². The van der Waals surface area contributed by atoms with Crippen molar-refractivity contribution >= 4 is 17.6 Å². The fourth-order valence-electron chi connectivity index (χ4n) is 3.86. The van der Waals surface area contributed by atoms with Gasteiger partial charge in [-0.3, -0.25) is 9.78 Å². The lowest BCUT2D eigenvalue weighted by atomic mass is 9.94. The number of hydrogen-bond donors (Lipinski definition) is 5. The van der Waals surface area contributed by atoms with Crippen molar-refractivity contribution in [2.24, 2.45) is 11.7 Å². The molecule has 0 radical (unpaired) electrons. The van der Waals surface area contributed by atoms with Crippen LogP contribution in [-0.4, -0.2) is 71.0 Å². The molecule has 4 unspecified atom stereocenters. The smallest absolute Gasteiger partial charge is 0.306 e. The number of aliphatic hydroxyl groups is 1. The highest BCUT2D eigenvalue weighted by molar-refractivity contribution is 5.70. The number of carboxylic acid groups (broad SMARTS) is 1. The van der Waals surface area contributed by atoms with E-state index in [2.05, 4.69) is 15.6 Å². The van der Waals surface area contributed by atoms with Crippen LogP contribution in [0.1, 0.15) is 25.8 Å². The number of aliphatic hydroxyl groups excluding tert-OH is 1. The Morgan fingerprint density at radius 3 is 2.57 bits per heavy atom. The molecule has 11 heteroatoms. The quantitative estimate of drug-likeness (QED) is 0.182. The van der Waals surface area contributed by atoms with E-state index < -0.39 is 29.9 Å². The summed E-state index contributed by atoms with van der Waals surface area (Å²) >= 11 is 0. The molecule has 1 fully saturated rings. The molecular weight excluding hydrogens is 480 g/mol. The third-order valence-electron chi connectivity index (χ3n) is 5.76. The maximum absolute atomic E-state index is 11.8. The van der Waals surface area contributed by atoms with Crippen molar-refractivity contribution in [1.82, 2.24) is 10.3 Å². The van der Waals surface area contributed by atoms with Gasteiger partial charge in [-0.25, -0.2) is 4.79 Å². The molecule has 1 aromatic heterocycles. The predicted molar refractivity (Wildman–Crippen MR) is 135 cm³/mol. The second-order valence-electron chi connectivity index (χ2n) is 9.29. The molecule has 1 aromatic carbocycles. The zero-order valence-corrected chi connectivity index (χ0v) is 20.9. The number of ether oxygens (including phenoxy) is 3. The number of aromatic nitrogens is 1. The topological polar surface area (TPSA) is 165 Å². The molecule has 4 atom stereocenters. The number of pyridine rings is 1. The molecular formula is C26H34N4O7. The molecule has 2 heterocycles. The van der Waals surface area contributed by atoms with Crippen LogP contribution >= 0.6 is 0 Å². The Labute approximate surface area is 215 Å². The number of aliphatic carboxylic acids is 1. The van der Waals surface area contributed by atoms with E-state index >= 15 is 0 Å². The maximum Gasteiger partial charge on any atom is 0.306 e. The second-order valence-corrected chi connectivity index (χ2v) is 9.29. The molecule has 3 rings (SSSR count). The number of nitrogens with one attached hydrogen (secondary N) is 2. The van der Waals surface area contributed by atoms with Crippen LogP contribution in [0.2, 0.25) is 0 Å². The zero-order chi connectivity index (χ0) is 26.8. The van der Waals surface area contributed by atoms with Gasteiger partial charge in [0.1, 0.15) is 36.3 Å². The van der Waals surface area contributed by atoms with E-state index in [4.69, 9.17) is 19.9 Å². The summed E-state index contributed by atoms with van der Waals surface area (Å²) in [5.41, 5.74) is 7.57. The fraction of sp³-hybridized carbons (Fsp3) is 0.462. The summed E-state index contributed by atoms with van der Waals surface area (Å²) in [5.74, 6) is 0.0822. The molecule has 0 amide bonds. The van der Waals surface area contributed by atoms with E-state index in [9.17, 15) is 19.8 Å². The van der Waals surface area contributed by atoms with Crippen LogP contribution in [0.4, 0.5) is 5.69 Å². The molecule has 11 nitrogen and oxygen atoms in total. The van der Waals surface area contributed by atoms with Gasteiger partial charge in [0.2, 0.25) is 0 Å². The van der Waals surface area contributed by atoms with Crippen LogP contribution in [0.15, 0.2) is 54.5 Å². The lowest BCUT2D eigenvalue weighted by molar-refractivity contribution is -0.149. The number of rotatable bonds is 14. The summed E-state index contributed by atoms with van der Waals surface area (Å²) in [6, 6.07) is 10.4. The fourth-order valence-corrected chi connectivity index (χ4v) is 3.86. The summed E-state index contributed by atoms with van der Waals surface area (Å²) in [7, 11) is 0. The van der Waals surface area contributed by atoms with Crippen LogP contribution in [0, 0.1) is 5.92 Å². The molecule has 1 saturated heterocycles. The number of anilines is 1. The number of carbonyl (C=O) groups is 1. The Hall–Kier alpha value is -3.47. The van der Waals surface area contributed by atoms with Crippen LogP contribution in [0.3, 0.4) is 0 Å². The summed E-state index contributed by atoms with van der Waals surface area (Å²) in [4.78, 5) is 27.0. The zero-order valence-electron chi connectivity index (χ0n) is 20.9. The van der Waals surface area contributed by atoms with Crippen molar-refractivity contribution in [2.45, 2.75) is 50.8 Å². The standard InChI is InChI=1S/C26H34N4O7/c1-26(2)36-16-22(37-26)12-18(25(33)34)11-17-3-5-21(6-4-17)35-15-20(32)13-29-23(14-31)24(27)30-19-7-9-28-10-8-19/h3-10,18,20,22,24,29,32H,11-13,15-16,27H2,1-2H3,(H,28,30)(H,33,34). The van der Waals surface area contributed by atoms with Crippen LogP contribution in [0.25, 0.3) is 0 Å². The first kappa shape index (κ1) is 28.1. The molecule has 200 valence electrons. The van der Waals surface area contributed by atoms with Gasteiger partial charge < -0.3 is 40.8 Å². The first-order valence-electron chi connectivity index (χ1n) is 12.0. The Kier molecular flexibility index (Phi) is 10.0. The van der Waals surface area contributed by atoms with Gasteiger partial charge >= 0.3 is 5.97 Å². The first-order valence-corrected chi connectivity index (χ1v) is 12.0. The molecule has 6 N–H and O–H groups in total. The van der Waals surface area contributed by atoms with Crippen molar-refractivity contribution in [1.29, 1.82) is 0 Å². The number of hydrogen-bond acceptors (Lipinski definition) is 10. The lowest BCUT2D eigenvalue weighted by Gasteiger charge is -2.20. The van der Waals surface area contributed by atoms with Gasteiger partial charge in [0, 0.05) is 24.6 Å². The molecule has 37 heavy (non-hydrogen) atoms. The minimum Gasteiger partial charge on any atom is -0.491 e. The van der Waals surface area contributed by atoms with Crippen molar-refractivity contribution in [2.75, 3.05) is 25.1 Å². The highest BCUT2D eigenvalue weighted by Gasteiger charge is 2.35. The third kappa shape index (κ3) is 9.16. The molecule has 0 spiro atoms. The van der Waals surface area contributed by atoms with Gasteiger partial charge in [-0.2, -0.15) is 0 Å². The maximum atomic E-state index is 11.8. The normalized spacial score (nSPS) is 18.8. The molecule has 0 saturated carbocycles. The highest BCUT2D eigenvalue weighted by Crippen LogP contribution is 2.28. The van der Waals surface area contributed by atoms with E-state index in [0.29, 0.717) is 30.9 Å². The van der Waals surface area contributed by atoms with Crippen molar-refractivity contribution < 1.29 is 34.0 Å². The summed E-state index contributed by atoms with van der Waals surface area (Å²) in [6.07, 6.45) is 1.86. The van der Waals surface area contributed by atoms with Crippen LogP contribution in [0.5, 0.6) is 5.75 Å². The second kappa shape index (κ2) is 13.2. The van der Waals surface area contributed by atoms with Gasteiger partial charge in [-0.15, -0.1) is 0 Å². The third-order valence-corrected chi connectivity index (χ3v) is 5.76. The Morgan fingerprint density at radius 1 is 1.27 bits per heavy atom. The van der Waals surface area contributed by atoms with Gasteiger partial charge in [0.25, 0.3) is 0 Å². The number of nitrogens with zero attached hydrogens (tertiary/aromatic N) is 1. The molecule has 2 aromatic rings. The van der Waals surface area contributed by atoms with Crippen LogP contribution < -0.4 is 21.1 Å². The minimum atomic E-state index is -0.926. The predicted octanol–water partition coefficient (Wildman–Crippen LogP) is 1.31.